The zero-order valence-corrected chi connectivity index (χ0v) is 26.7. The summed E-state index contributed by atoms with van der Waals surface area (Å²) in [6, 6.07) is 28.8. The van der Waals surface area contributed by atoms with Gasteiger partial charge < -0.3 is 35.9 Å². The molecular formula is C37H35N5O7. The molecule has 0 aliphatic rings. The van der Waals surface area contributed by atoms with E-state index in [9.17, 15) is 29.4 Å². The summed E-state index contributed by atoms with van der Waals surface area (Å²) in [5.41, 5.74) is 3.21. The Morgan fingerprint density at radius 1 is 0.571 bits per heavy atom. The third-order valence-corrected chi connectivity index (χ3v) is 7.57. The van der Waals surface area contributed by atoms with Crippen LogP contribution in [-0.2, 0) is 19.2 Å². The molecule has 0 unspecified atom stereocenters. The average molecular weight is 662 g/mol. The van der Waals surface area contributed by atoms with Gasteiger partial charge in [0.2, 0.25) is 17.7 Å². The molecule has 0 bridgehead atoms. The standard InChI is InChI=1S/C37H35N5O7/c1-22(39-35(47)31(43)25-9-5-3-6-10-25)33(45)41-28-17-13-24(14-18-28)30-21-38-37(49-30)27-15-19-29(20-16-27)42-34(46)23(2)40-36(48)32(44)26-11-7-4-8-12-26/h3-23,31-32,43-44H,1-2H3,(H,39,47)(H,40,48)(H,41,45)(H,42,46)/t22-,23-,31-,32-/m0/s1. The third kappa shape index (κ3) is 8.83. The van der Waals surface area contributed by atoms with Gasteiger partial charge in [-0.25, -0.2) is 4.98 Å². The van der Waals surface area contributed by atoms with Crippen LogP contribution in [0.15, 0.2) is 120 Å². The van der Waals surface area contributed by atoms with E-state index in [0.717, 1.165) is 0 Å². The minimum absolute atomic E-state index is 0.350. The Kier molecular flexibility index (Phi) is 10.9. The van der Waals surface area contributed by atoms with Gasteiger partial charge in [-0.1, -0.05) is 60.7 Å². The van der Waals surface area contributed by atoms with Crippen molar-refractivity contribution in [1.29, 1.82) is 0 Å². The van der Waals surface area contributed by atoms with Gasteiger partial charge in [0.1, 0.15) is 12.1 Å². The number of anilines is 2. The van der Waals surface area contributed by atoms with Crippen molar-refractivity contribution in [3.8, 4) is 22.8 Å². The Morgan fingerprint density at radius 2 is 0.980 bits per heavy atom. The number of carbonyl (C=O) groups excluding carboxylic acids is 4. The number of oxazole rings is 1. The van der Waals surface area contributed by atoms with E-state index in [2.05, 4.69) is 26.3 Å². The minimum Gasteiger partial charge on any atom is -0.436 e. The summed E-state index contributed by atoms with van der Waals surface area (Å²) in [5, 5.41) is 31.0. The van der Waals surface area contributed by atoms with Crippen molar-refractivity contribution >= 4 is 35.0 Å². The first-order valence-corrected chi connectivity index (χ1v) is 15.4. The molecule has 0 saturated carbocycles. The summed E-state index contributed by atoms with van der Waals surface area (Å²) >= 11 is 0. The lowest BCUT2D eigenvalue weighted by molar-refractivity contribution is -0.132. The quantitative estimate of drug-likeness (QED) is 0.114. The number of aromatic nitrogens is 1. The molecule has 4 aromatic carbocycles. The van der Waals surface area contributed by atoms with Gasteiger partial charge in [-0.2, -0.15) is 0 Å². The highest BCUT2D eigenvalue weighted by atomic mass is 16.4. The number of nitrogens with zero attached hydrogens (tertiary/aromatic N) is 1. The summed E-state index contributed by atoms with van der Waals surface area (Å²) in [5.74, 6) is -1.43. The number of benzene rings is 4. The second-order valence-corrected chi connectivity index (χ2v) is 11.2. The maximum Gasteiger partial charge on any atom is 0.254 e. The maximum absolute atomic E-state index is 12.7. The third-order valence-electron chi connectivity index (χ3n) is 7.57. The lowest BCUT2D eigenvalue weighted by atomic mass is 10.1. The molecule has 0 aliphatic heterocycles. The number of rotatable bonds is 12. The second-order valence-electron chi connectivity index (χ2n) is 11.2. The molecule has 0 radical (unpaired) electrons. The van der Waals surface area contributed by atoms with Gasteiger partial charge in [0.15, 0.2) is 18.0 Å². The smallest absolute Gasteiger partial charge is 0.254 e. The Bertz CT molecular complexity index is 1760. The Balaban J connectivity index is 1.12. The first-order valence-electron chi connectivity index (χ1n) is 15.4. The summed E-state index contributed by atoms with van der Waals surface area (Å²) in [6.45, 7) is 3.05. The second kappa shape index (κ2) is 15.7. The molecule has 1 aromatic heterocycles. The predicted octanol–water partition coefficient (Wildman–Crippen LogP) is 4.36. The molecule has 0 aliphatic carbocycles. The van der Waals surface area contributed by atoms with Crippen molar-refractivity contribution < 1.29 is 33.8 Å². The summed E-state index contributed by atoms with van der Waals surface area (Å²) in [7, 11) is 0. The van der Waals surface area contributed by atoms with Gasteiger partial charge in [0.05, 0.1) is 6.20 Å². The van der Waals surface area contributed by atoms with Crippen molar-refractivity contribution in [1.82, 2.24) is 15.6 Å². The largest absolute Gasteiger partial charge is 0.436 e. The molecule has 1 heterocycles. The molecule has 0 fully saturated rings. The summed E-state index contributed by atoms with van der Waals surface area (Å²) < 4.78 is 5.95. The number of aliphatic hydroxyl groups is 2. The van der Waals surface area contributed by atoms with E-state index in [1.165, 1.54) is 13.8 Å². The number of carbonyl (C=O) groups is 4. The topological polar surface area (TPSA) is 183 Å². The van der Waals surface area contributed by atoms with E-state index in [4.69, 9.17) is 4.42 Å². The molecule has 6 N–H and O–H groups in total. The Hall–Kier alpha value is -6.11. The number of nitrogens with one attached hydrogen (secondary N) is 4. The highest BCUT2D eigenvalue weighted by molar-refractivity contribution is 5.98. The molecule has 0 saturated heterocycles. The van der Waals surface area contributed by atoms with Crippen LogP contribution in [0.25, 0.3) is 22.8 Å². The van der Waals surface area contributed by atoms with Crippen LogP contribution < -0.4 is 21.3 Å². The van der Waals surface area contributed by atoms with Gasteiger partial charge in [-0.15, -0.1) is 0 Å². The van der Waals surface area contributed by atoms with Crippen LogP contribution in [0.3, 0.4) is 0 Å². The first-order chi connectivity index (χ1) is 23.6. The predicted molar refractivity (Wildman–Crippen MR) is 183 cm³/mol. The van der Waals surface area contributed by atoms with Crippen molar-refractivity contribution in [2.75, 3.05) is 10.6 Å². The fourth-order valence-corrected chi connectivity index (χ4v) is 4.75. The SMILES string of the molecule is C[C@H](NC(=O)[C@@H](O)c1ccccc1)C(=O)Nc1ccc(-c2cnc(-c3ccc(NC(=O)[C@H](C)NC(=O)[C@@H](O)c4ccccc4)cc3)o2)cc1. The number of amides is 4. The van der Waals surface area contributed by atoms with E-state index in [0.29, 0.717) is 45.3 Å². The van der Waals surface area contributed by atoms with Gasteiger partial charge in [0, 0.05) is 22.5 Å². The van der Waals surface area contributed by atoms with Crippen molar-refractivity contribution in [3.05, 3.63) is 127 Å². The van der Waals surface area contributed by atoms with Crippen LogP contribution >= 0.6 is 0 Å². The highest BCUT2D eigenvalue weighted by Gasteiger charge is 2.23. The van der Waals surface area contributed by atoms with E-state index >= 15 is 0 Å². The highest BCUT2D eigenvalue weighted by Crippen LogP contribution is 2.28. The van der Waals surface area contributed by atoms with Crippen molar-refractivity contribution in [2.45, 2.75) is 38.1 Å². The van der Waals surface area contributed by atoms with Gasteiger partial charge >= 0.3 is 0 Å². The van der Waals surface area contributed by atoms with E-state index < -0.39 is 47.9 Å². The Labute approximate surface area is 282 Å². The molecule has 5 aromatic rings. The molecule has 12 nitrogen and oxygen atoms in total. The van der Waals surface area contributed by atoms with Crippen molar-refractivity contribution in [2.24, 2.45) is 0 Å². The lowest BCUT2D eigenvalue weighted by Crippen LogP contribution is -2.43. The fraction of sp³-hybridized carbons (Fsp3) is 0.162. The molecule has 4 amide bonds. The molecule has 12 heteroatoms. The van der Waals surface area contributed by atoms with Gasteiger partial charge in [-0.05, 0) is 73.5 Å². The molecule has 0 spiro atoms. The zero-order valence-electron chi connectivity index (χ0n) is 26.7. The van der Waals surface area contributed by atoms with E-state index in [1.807, 2.05) is 0 Å². The lowest BCUT2D eigenvalue weighted by Gasteiger charge is -2.17. The number of aliphatic hydroxyl groups excluding tert-OH is 2. The number of hydrogen-bond donors (Lipinski definition) is 6. The van der Waals surface area contributed by atoms with E-state index in [-0.39, 0.29) is 0 Å². The molecule has 250 valence electrons. The van der Waals surface area contributed by atoms with Crippen LogP contribution in [0, 0.1) is 0 Å². The van der Waals surface area contributed by atoms with Crippen LogP contribution in [0.5, 0.6) is 0 Å². The van der Waals surface area contributed by atoms with Crippen LogP contribution in [0.2, 0.25) is 0 Å². The molecular weight excluding hydrogens is 626 g/mol. The van der Waals surface area contributed by atoms with Crippen LogP contribution in [-0.4, -0.2) is 50.9 Å². The summed E-state index contributed by atoms with van der Waals surface area (Å²) in [6.07, 6.45) is -1.21. The maximum atomic E-state index is 12.7. The monoisotopic (exact) mass is 661 g/mol. The van der Waals surface area contributed by atoms with Gasteiger partial charge in [-0.3, -0.25) is 19.2 Å². The van der Waals surface area contributed by atoms with Crippen molar-refractivity contribution in [3.63, 3.8) is 0 Å². The molecule has 4 atom stereocenters. The minimum atomic E-state index is -1.39. The average Bonchev–Trinajstić information content (AvgIpc) is 3.62. The normalized spacial score (nSPS) is 13.3. The van der Waals surface area contributed by atoms with E-state index in [1.54, 1.807) is 115 Å². The van der Waals surface area contributed by atoms with Crippen LogP contribution in [0.4, 0.5) is 11.4 Å². The first kappa shape index (κ1) is 34.2. The zero-order chi connectivity index (χ0) is 34.9. The number of hydrogen-bond acceptors (Lipinski definition) is 8. The molecule has 49 heavy (non-hydrogen) atoms. The fourth-order valence-electron chi connectivity index (χ4n) is 4.75. The van der Waals surface area contributed by atoms with Crippen LogP contribution in [0.1, 0.15) is 37.2 Å². The Morgan fingerprint density at radius 3 is 1.41 bits per heavy atom. The molecule has 5 rings (SSSR count). The van der Waals surface area contributed by atoms with Gasteiger partial charge in [0.25, 0.3) is 11.8 Å². The summed E-state index contributed by atoms with van der Waals surface area (Å²) in [4.78, 5) is 54.5.